The van der Waals surface area contributed by atoms with Crippen LogP contribution in [0.2, 0.25) is 0 Å². The number of anilines is 1. The van der Waals surface area contributed by atoms with Gasteiger partial charge in [0, 0.05) is 10.6 Å². The van der Waals surface area contributed by atoms with Gasteiger partial charge in [0.1, 0.15) is 16.4 Å². The summed E-state index contributed by atoms with van der Waals surface area (Å²) in [5.41, 5.74) is 0.675. The molecule has 1 aromatic heterocycles. The van der Waals surface area contributed by atoms with Crippen molar-refractivity contribution in [2.75, 3.05) is 16.8 Å². The van der Waals surface area contributed by atoms with Crippen LogP contribution < -0.4 is 5.32 Å². The third-order valence-corrected chi connectivity index (χ3v) is 7.34. The summed E-state index contributed by atoms with van der Waals surface area (Å²) in [7, 11) is -3.44. The molecule has 1 atom stereocenters. The molecule has 0 aromatic carbocycles. The van der Waals surface area contributed by atoms with Gasteiger partial charge in [0.15, 0.2) is 9.84 Å². The van der Waals surface area contributed by atoms with Gasteiger partial charge in [-0.05, 0) is 51.5 Å². The maximum atomic E-state index is 12.8. The Balaban J connectivity index is 2.36. The Morgan fingerprint density at radius 1 is 1.26 bits per heavy atom. The number of amides is 1. The van der Waals surface area contributed by atoms with E-state index in [-0.39, 0.29) is 5.75 Å². The Labute approximate surface area is 165 Å². The summed E-state index contributed by atoms with van der Waals surface area (Å²) >= 11 is 1.37. The highest BCUT2D eigenvalue weighted by molar-refractivity contribution is 7.92. The topological polar surface area (TPSA) is 89.5 Å². The van der Waals surface area contributed by atoms with E-state index >= 15 is 0 Å². The summed E-state index contributed by atoms with van der Waals surface area (Å²) in [5, 5.41) is 3.06. The van der Waals surface area contributed by atoms with E-state index < -0.39 is 33.1 Å². The van der Waals surface area contributed by atoms with Crippen molar-refractivity contribution in [3.05, 3.63) is 16.0 Å². The molecule has 1 amide bonds. The van der Waals surface area contributed by atoms with E-state index in [1.54, 1.807) is 20.8 Å². The Kier molecular flexibility index (Phi) is 6.73. The Hall–Kier alpha value is -1.41. The first-order valence-corrected chi connectivity index (χ1v) is 12.0. The molecule has 152 valence electrons. The van der Waals surface area contributed by atoms with Crippen molar-refractivity contribution in [2.45, 2.75) is 65.9 Å². The van der Waals surface area contributed by atoms with E-state index in [4.69, 9.17) is 4.74 Å². The van der Waals surface area contributed by atoms with Crippen molar-refractivity contribution < 1.29 is 22.7 Å². The van der Waals surface area contributed by atoms with E-state index in [1.807, 2.05) is 0 Å². The van der Waals surface area contributed by atoms with Crippen molar-refractivity contribution in [3.63, 3.8) is 0 Å². The van der Waals surface area contributed by atoms with Gasteiger partial charge < -0.3 is 10.1 Å². The fourth-order valence-electron chi connectivity index (χ4n) is 3.10. The molecule has 1 aliphatic rings. The molecular formula is C19H29NO5S2. The maximum Gasteiger partial charge on any atom is 0.341 e. The highest BCUT2D eigenvalue weighted by Crippen LogP contribution is 2.41. The largest absolute Gasteiger partial charge is 0.456 e. The van der Waals surface area contributed by atoms with Gasteiger partial charge in [-0.1, -0.05) is 20.3 Å². The minimum Gasteiger partial charge on any atom is -0.456 e. The number of carbonyl (C=O) groups is 2. The number of hydrogen-bond donors (Lipinski definition) is 1. The van der Waals surface area contributed by atoms with Crippen LogP contribution in [0.25, 0.3) is 0 Å². The van der Waals surface area contributed by atoms with E-state index in [0.29, 0.717) is 16.5 Å². The number of sulfone groups is 1. The standard InChI is InChI=1S/C19H29NO5S2/c1-6-12-8-9-13-14(10-12)26-17(16(13)18(22)25-19(3,4)5)20-15(21)11-27(23,24)7-2/h12H,6-11H2,1-5H3,(H,20,21). The molecule has 0 saturated heterocycles. The monoisotopic (exact) mass is 415 g/mol. The molecular weight excluding hydrogens is 386 g/mol. The smallest absolute Gasteiger partial charge is 0.341 e. The van der Waals surface area contributed by atoms with E-state index in [0.717, 1.165) is 36.1 Å². The summed E-state index contributed by atoms with van der Waals surface area (Å²) in [4.78, 5) is 26.1. The van der Waals surface area contributed by atoms with Crippen molar-refractivity contribution in [1.82, 2.24) is 0 Å². The Morgan fingerprint density at radius 3 is 2.48 bits per heavy atom. The molecule has 0 saturated carbocycles. The zero-order chi connectivity index (χ0) is 20.4. The lowest BCUT2D eigenvalue weighted by Crippen LogP contribution is -2.27. The molecule has 1 heterocycles. The van der Waals surface area contributed by atoms with Gasteiger partial charge in [-0.2, -0.15) is 0 Å². The second kappa shape index (κ2) is 8.31. The number of fused-ring (bicyclic) bond motifs is 1. The summed E-state index contributed by atoms with van der Waals surface area (Å²) in [6.45, 7) is 9.04. The molecule has 6 nitrogen and oxygen atoms in total. The van der Waals surface area contributed by atoms with Crippen LogP contribution in [0.15, 0.2) is 0 Å². The number of thiophene rings is 1. The summed E-state index contributed by atoms with van der Waals surface area (Å²) in [6, 6.07) is 0. The molecule has 0 radical (unpaired) electrons. The lowest BCUT2D eigenvalue weighted by molar-refractivity contribution is -0.113. The first-order valence-electron chi connectivity index (χ1n) is 9.34. The van der Waals surface area contributed by atoms with Crippen LogP contribution in [0.5, 0.6) is 0 Å². The van der Waals surface area contributed by atoms with Crippen LogP contribution in [-0.4, -0.2) is 37.4 Å². The van der Waals surface area contributed by atoms with Crippen molar-refractivity contribution in [2.24, 2.45) is 5.92 Å². The fourth-order valence-corrected chi connectivity index (χ4v) is 5.14. The zero-order valence-electron chi connectivity index (χ0n) is 16.7. The molecule has 1 aliphatic carbocycles. The van der Waals surface area contributed by atoms with Crippen molar-refractivity contribution in [3.8, 4) is 0 Å². The van der Waals surface area contributed by atoms with Crippen LogP contribution >= 0.6 is 11.3 Å². The predicted molar refractivity (Wildman–Crippen MR) is 108 cm³/mol. The molecule has 1 N–H and O–H groups in total. The normalized spacial score (nSPS) is 17.3. The lowest BCUT2D eigenvalue weighted by Gasteiger charge is -2.23. The quantitative estimate of drug-likeness (QED) is 0.717. The van der Waals surface area contributed by atoms with Crippen molar-refractivity contribution in [1.29, 1.82) is 0 Å². The molecule has 0 spiro atoms. The first kappa shape index (κ1) is 21.9. The summed E-state index contributed by atoms with van der Waals surface area (Å²) in [6.07, 6.45) is 3.70. The Morgan fingerprint density at radius 2 is 1.93 bits per heavy atom. The SMILES string of the molecule is CCC1CCc2c(sc(NC(=O)CS(=O)(=O)CC)c2C(=O)OC(C)(C)C)C1. The number of ether oxygens (including phenoxy) is 1. The van der Waals surface area contributed by atoms with Gasteiger partial charge in [0.05, 0.1) is 5.56 Å². The lowest BCUT2D eigenvalue weighted by atomic mass is 9.85. The number of hydrogen-bond acceptors (Lipinski definition) is 6. The molecule has 2 rings (SSSR count). The second-order valence-corrected chi connectivity index (χ2v) is 11.4. The molecule has 8 heteroatoms. The molecule has 1 aromatic rings. The minimum absolute atomic E-state index is 0.0987. The third-order valence-electron chi connectivity index (χ3n) is 4.59. The van der Waals surface area contributed by atoms with E-state index in [1.165, 1.54) is 18.3 Å². The number of esters is 1. The average molecular weight is 416 g/mol. The molecule has 0 fully saturated rings. The highest BCUT2D eigenvalue weighted by atomic mass is 32.2. The number of nitrogens with one attached hydrogen (secondary N) is 1. The maximum absolute atomic E-state index is 12.8. The molecule has 1 unspecified atom stereocenters. The highest BCUT2D eigenvalue weighted by Gasteiger charge is 2.32. The minimum atomic E-state index is -3.44. The van der Waals surface area contributed by atoms with E-state index in [2.05, 4.69) is 12.2 Å². The van der Waals surface area contributed by atoms with Crippen LogP contribution in [-0.2, 0) is 32.2 Å². The zero-order valence-corrected chi connectivity index (χ0v) is 18.3. The Bertz CT molecular complexity index is 818. The fraction of sp³-hybridized carbons (Fsp3) is 0.684. The summed E-state index contributed by atoms with van der Waals surface area (Å²) < 4.78 is 29.0. The van der Waals surface area contributed by atoms with Gasteiger partial charge in [-0.15, -0.1) is 11.3 Å². The average Bonchev–Trinajstić information content (AvgIpc) is 2.89. The third kappa shape index (κ3) is 5.78. The number of rotatable bonds is 6. The van der Waals surface area contributed by atoms with Crippen molar-refractivity contribution >= 4 is 38.1 Å². The molecule has 27 heavy (non-hydrogen) atoms. The van der Waals surface area contributed by atoms with Crippen LogP contribution in [0.3, 0.4) is 0 Å². The van der Waals surface area contributed by atoms with Gasteiger partial charge in [-0.3, -0.25) is 4.79 Å². The van der Waals surface area contributed by atoms with Crippen LogP contribution in [0.1, 0.15) is 68.3 Å². The van der Waals surface area contributed by atoms with Gasteiger partial charge in [0.2, 0.25) is 5.91 Å². The van der Waals surface area contributed by atoms with Gasteiger partial charge >= 0.3 is 5.97 Å². The van der Waals surface area contributed by atoms with E-state index in [9.17, 15) is 18.0 Å². The van der Waals surface area contributed by atoms with Gasteiger partial charge in [0.25, 0.3) is 0 Å². The second-order valence-electron chi connectivity index (χ2n) is 7.95. The predicted octanol–water partition coefficient (Wildman–Crippen LogP) is 3.59. The van der Waals surface area contributed by atoms with Gasteiger partial charge in [-0.25, -0.2) is 13.2 Å². The molecule has 0 bridgehead atoms. The number of carbonyl (C=O) groups excluding carboxylic acids is 2. The summed E-state index contributed by atoms with van der Waals surface area (Å²) in [5.74, 6) is -1.21. The van der Waals surface area contributed by atoms with Crippen LogP contribution in [0, 0.1) is 5.92 Å². The van der Waals surface area contributed by atoms with Crippen LogP contribution in [0.4, 0.5) is 5.00 Å². The molecule has 0 aliphatic heterocycles. The first-order chi connectivity index (χ1) is 12.5.